The molecular formula is C25H24N4O. The van der Waals surface area contributed by atoms with Crippen LogP contribution >= 0.6 is 0 Å². The second kappa shape index (κ2) is 9.25. The van der Waals surface area contributed by atoms with E-state index in [1.807, 2.05) is 54.6 Å². The minimum atomic E-state index is -0.160. The van der Waals surface area contributed by atoms with E-state index >= 15 is 0 Å². The Balaban J connectivity index is 1.36. The maximum Gasteiger partial charge on any atom is 0.255 e. The number of benzene rings is 2. The Morgan fingerprint density at radius 3 is 2.17 bits per heavy atom. The number of rotatable bonds is 3. The predicted octanol–water partition coefficient (Wildman–Crippen LogP) is 3.49. The van der Waals surface area contributed by atoms with E-state index in [-0.39, 0.29) is 5.91 Å². The number of hydrogen-bond donors (Lipinski definition) is 1. The van der Waals surface area contributed by atoms with E-state index in [4.69, 9.17) is 0 Å². The molecule has 0 spiro atoms. The van der Waals surface area contributed by atoms with Crippen LogP contribution in [0.5, 0.6) is 0 Å². The monoisotopic (exact) mass is 396 g/mol. The van der Waals surface area contributed by atoms with Crippen molar-refractivity contribution >= 4 is 17.4 Å². The first kappa shape index (κ1) is 19.7. The van der Waals surface area contributed by atoms with Crippen molar-refractivity contribution in [3.63, 3.8) is 0 Å². The van der Waals surface area contributed by atoms with Gasteiger partial charge < -0.3 is 15.1 Å². The Bertz CT molecular complexity index is 1040. The van der Waals surface area contributed by atoms with E-state index in [9.17, 15) is 4.79 Å². The van der Waals surface area contributed by atoms with Crippen molar-refractivity contribution in [2.45, 2.75) is 0 Å². The summed E-state index contributed by atoms with van der Waals surface area (Å²) in [7, 11) is 2.13. The van der Waals surface area contributed by atoms with Gasteiger partial charge >= 0.3 is 0 Å². The van der Waals surface area contributed by atoms with Crippen LogP contribution in [0.2, 0.25) is 0 Å². The number of anilines is 2. The summed E-state index contributed by atoms with van der Waals surface area (Å²) in [6, 6.07) is 21.0. The quantitative estimate of drug-likeness (QED) is 0.689. The molecule has 150 valence electrons. The second-order valence-electron chi connectivity index (χ2n) is 7.34. The van der Waals surface area contributed by atoms with E-state index in [2.05, 4.69) is 39.0 Å². The molecule has 0 bridgehead atoms. The fraction of sp³-hybridized carbons (Fsp3) is 0.200. The van der Waals surface area contributed by atoms with Crippen molar-refractivity contribution in [3.8, 4) is 11.8 Å². The summed E-state index contributed by atoms with van der Waals surface area (Å²) in [5.41, 5.74) is 3.11. The van der Waals surface area contributed by atoms with Crippen molar-refractivity contribution in [2.75, 3.05) is 43.4 Å². The number of amides is 1. The molecule has 1 aromatic heterocycles. The van der Waals surface area contributed by atoms with Gasteiger partial charge in [0.2, 0.25) is 0 Å². The molecule has 2 heterocycles. The number of nitrogens with one attached hydrogen (secondary N) is 1. The van der Waals surface area contributed by atoms with E-state index in [0.717, 1.165) is 43.1 Å². The zero-order valence-electron chi connectivity index (χ0n) is 17.0. The lowest BCUT2D eigenvalue weighted by Crippen LogP contribution is -2.44. The van der Waals surface area contributed by atoms with Gasteiger partial charge in [-0.05, 0) is 55.6 Å². The van der Waals surface area contributed by atoms with Crippen molar-refractivity contribution in [3.05, 3.63) is 89.6 Å². The van der Waals surface area contributed by atoms with Crippen LogP contribution in [0.1, 0.15) is 21.5 Å². The molecule has 0 saturated carbocycles. The molecule has 0 atom stereocenters. The lowest BCUT2D eigenvalue weighted by atomic mass is 10.1. The third kappa shape index (κ3) is 5.05. The summed E-state index contributed by atoms with van der Waals surface area (Å²) in [4.78, 5) is 21.6. The average molecular weight is 396 g/mol. The number of likely N-dealkylation sites (N-methyl/N-ethyl adjacent to an activating group) is 1. The smallest absolute Gasteiger partial charge is 0.255 e. The first-order valence-electron chi connectivity index (χ1n) is 10.1. The molecule has 2 aromatic carbocycles. The maximum absolute atomic E-state index is 12.5. The topological polar surface area (TPSA) is 48.5 Å². The number of carbonyl (C=O) groups excluding carboxylic acids is 1. The zero-order valence-corrected chi connectivity index (χ0v) is 17.0. The van der Waals surface area contributed by atoms with Gasteiger partial charge in [0.15, 0.2) is 0 Å². The molecule has 30 heavy (non-hydrogen) atoms. The Hall–Kier alpha value is -3.62. The van der Waals surface area contributed by atoms with Crippen LogP contribution in [0.25, 0.3) is 0 Å². The van der Waals surface area contributed by atoms with Gasteiger partial charge in [-0.2, -0.15) is 0 Å². The number of piperazine rings is 1. The van der Waals surface area contributed by atoms with Gasteiger partial charge in [0.05, 0.1) is 11.9 Å². The highest BCUT2D eigenvalue weighted by atomic mass is 16.1. The lowest BCUT2D eigenvalue weighted by molar-refractivity contribution is 0.102. The summed E-state index contributed by atoms with van der Waals surface area (Å²) in [5.74, 6) is 7.02. The van der Waals surface area contributed by atoms with Crippen molar-refractivity contribution < 1.29 is 4.79 Å². The first-order chi connectivity index (χ1) is 14.7. The van der Waals surface area contributed by atoms with Crippen LogP contribution < -0.4 is 10.2 Å². The maximum atomic E-state index is 12.5. The van der Waals surface area contributed by atoms with Gasteiger partial charge in [-0.1, -0.05) is 30.0 Å². The fourth-order valence-electron chi connectivity index (χ4n) is 3.26. The number of nitrogens with zero attached hydrogens (tertiary/aromatic N) is 3. The fourth-order valence-corrected chi connectivity index (χ4v) is 3.26. The lowest BCUT2D eigenvalue weighted by Gasteiger charge is -2.33. The van der Waals surface area contributed by atoms with E-state index < -0.39 is 0 Å². The van der Waals surface area contributed by atoms with Gasteiger partial charge in [-0.15, -0.1) is 0 Å². The summed E-state index contributed by atoms with van der Waals surface area (Å²) < 4.78 is 0. The van der Waals surface area contributed by atoms with E-state index in [1.165, 1.54) is 0 Å². The van der Waals surface area contributed by atoms with Crippen LogP contribution in [0.4, 0.5) is 11.5 Å². The molecule has 3 aromatic rings. The molecular weight excluding hydrogens is 372 g/mol. The standard InChI is InChI=1S/C25H24N4O/c1-28-15-17-29(18-16-28)24-14-13-23(19-26-24)27-25(30)22-11-9-21(10-12-22)8-7-20-5-3-2-4-6-20/h2-6,9-14,19H,15-18H2,1H3,(H,27,30). The molecule has 4 rings (SSSR count). The number of pyridine rings is 1. The molecule has 5 heteroatoms. The molecule has 0 radical (unpaired) electrons. The largest absolute Gasteiger partial charge is 0.354 e. The average Bonchev–Trinajstić information content (AvgIpc) is 2.80. The molecule has 1 aliphatic rings. The third-order valence-corrected chi connectivity index (χ3v) is 5.11. The summed E-state index contributed by atoms with van der Waals surface area (Å²) >= 11 is 0. The second-order valence-corrected chi connectivity index (χ2v) is 7.34. The van der Waals surface area contributed by atoms with Crippen molar-refractivity contribution in [1.29, 1.82) is 0 Å². The predicted molar refractivity (Wildman–Crippen MR) is 121 cm³/mol. The van der Waals surface area contributed by atoms with Gasteiger partial charge in [0.25, 0.3) is 5.91 Å². The summed E-state index contributed by atoms with van der Waals surface area (Å²) in [5, 5.41) is 2.91. The van der Waals surface area contributed by atoms with Gasteiger partial charge in [-0.3, -0.25) is 4.79 Å². The Morgan fingerprint density at radius 1 is 0.867 bits per heavy atom. The molecule has 1 fully saturated rings. The van der Waals surface area contributed by atoms with Gasteiger partial charge in [0.1, 0.15) is 5.82 Å². The third-order valence-electron chi connectivity index (χ3n) is 5.11. The van der Waals surface area contributed by atoms with Crippen molar-refractivity contribution in [1.82, 2.24) is 9.88 Å². The Morgan fingerprint density at radius 2 is 1.53 bits per heavy atom. The highest BCUT2D eigenvalue weighted by Gasteiger charge is 2.15. The van der Waals surface area contributed by atoms with Crippen LogP contribution in [0, 0.1) is 11.8 Å². The number of carbonyl (C=O) groups is 1. The van der Waals surface area contributed by atoms with Gasteiger partial charge in [0, 0.05) is 42.9 Å². The number of hydrogen-bond acceptors (Lipinski definition) is 4. The highest BCUT2D eigenvalue weighted by Crippen LogP contribution is 2.16. The Labute approximate surface area is 177 Å². The zero-order chi connectivity index (χ0) is 20.8. The molecule has 1 aliphatic heterocycles. The normalized spacial score (nSPS) is 14.0. The van der Waals surface area contributed by atoms with Gasteiger partial charge in [-0.25, -0.2) is 4.98 Å². The molecule has 0 unspecified atom stereocenters. The minimum absolute atomic E-state index is 0.160. The van der Waals surface area contributed by atoms with Crippen LogP contribution in [0.3, 0.4) is 0 Å². The molecule has 5 nitrogen and oxygen atoms in total. The van der Waals surface area contributed by atoms with Crippen molar-refractivity contribution in [2.24, 2.45) is 0 Å². The highest BCUT2D eigenvalue weighted by molar-refractivity contribution is 6.04. The molecule has 1 N–H and O–H groups in total. The van der Waals surface area contributed by atoms with E-state index in [0.29, 0.717) is 11.3 Å². The number of aromatic nitrogens is 1. The Kier molecular flexibility index (Phi) is 6.07. The first-order valence-corrected chi connectivity index (χ1v) is 10.1. The van der Waals surface area contributed by atoms with E-state index in [1.54, 1.807) is 18.3 Å². The molecule has 1 saturated heterocycles. The summed E-state index contributed by atoms with van der Waals surface area (Å²) in [6.45, 7) is 4.00. The van der Waals surface area contributed by atoms with Crippen LogP contribution in [0.15, 0.2) is 72.9 Å². The molecule has 0 aliphatic carbocycles. The minimum Gasteiger partial charge on any atom is -0.354 e. The summed E-state index contributed by atoms with van der Waals surface area (Å²) in [6.07, 6.45) is 1.71. The SMILES string of the molecule is CN1CCN(c2ccc(NC(=O)c3ccc(C#Cc4ccccc4)cc3)cn2)CC1. The molecule has 1 amide bonds. The van der Waals surface area contributed by atoms with Crippen LogP contribution in [-0.4, -0.2) is 49.0 Å². The van der Waals surface area contributed by atoms with Crippen LogP contribution in [-0.2, 0) is 0 Å².